The van der Waals surface area contributed by atoms with Gasteiger partial charge in [0.2, 0.25) is 0 Å². The average Bonchev–Trinajstić information content (AvgIpc) is 2.44. The van der Waals surface area contributed by atoms with Crippen LogP contribution >= 0.6 is 23.2 Å². The van der Waals surface area contributed by atoms with E-state index in [4.69, 9.17) is 23.2 Å². The molecule has 0 aliphatic carbocycles. The van der Waals surface area contributed by atoms with Gasteiger partial charge in [-0.3, -0.25) is 0 Å². The first kappa shape index (κ1) is 15.3. The van der Waals surface area contributed by atoms with E-state index in [0.717, 1.165) is 11.1 Å². The summed E-state index contributed by atoms with van der Waals surface area (Å²) in [5.74, 6) is -0.184. The van der Waals surface area contributed by atoms with E-state index in [-0.39, 0.29) is 18.3 Å². The van der Waals surface area contributed by atoms with Gasteiger partial charge < -0.3 is 5.11 Å². The van der Waals surface area contributed by atoms with Crippen molar-refractivity contribution in [2.75, 3.05) is 6.61 Å². The maximum atomic E-state index is 12.9. The molecule has 2 rings (SSSR count). The molecule has 1 nitrogen and oxygen atoms in total. The first-order chi connectivity index (χ1) is 9.58. The molecule has 0 spiro atoms. The molecule has 0 saturated carbocycles. The molecule has 1 N–H and O–H groups in total. The molecule has 2 aromatic rings. The number of aliphatic hydroxyl groups excluding tert-OH is 1. The Morgan fingerprint density at radius 2 is 1.50 bits per heavy atom. The molecule has 106 valence electrons. The predicted octanol–water partition coefficient (Wildman–Crippen LogP) is 4.53. The number of benzene rings is 2. The van der Waals surface area contributed by atoms with Crippen LogP contribution in [0.25, 0.3) is 0 Å². The highest BCUT2D eigenvalue weighted by molar-refractivity contribution is 6.42. The van der Waals surface area contributed by atoms with Gasteiger partial charge >= 0.3 is 0 Å². The average molecular weight is 313 g/mol. The lowest BCUT2D eigenvalue weighted by Crippen LogP contribution is -2.13. The lowest BCUT2D eigenvalue weighted by atomic mass is 9.93. The molecule has 1 unspecified atom stereocenters. The standard InChI is InChI=1S/C16H15Cl2FO/c17-15-6-3-12(9-16(15)18)8-13(10-20)7-11-1-4-14(19)5-2-11/h1-6,9,13,20H,7-8,10H2. The number of hydrogen-bond acceptors (Lipinski definition) is 1. The van der Waals surface area contributed by atoms with Crippen molar-refractivity contribution < 1.29 is 9.50 Å². The van der Waals surface area contributed by atoms with Crippen LogP contribution in [0.5, 0.6) is 0 Å². The molecule has 1 atom stereocenters. The second-order valence-corrected chi connectivity index (χ2v) is 5.65. The molecule has 20 heavy (non-hydrogen) atoms. The van der Waals surface area contributed by atoms with E-state index >= 15 is 0 Å². The number of rotatable bonds is 5. The molecule has 2 aromatic carbocycles. The summed E-state index contributed by atoms with van der Waals surface area (Å²) in [7, 11) is 0. The monoisotopic (exact) mass is 312 g/mol. The van der Waals surface area contributed by atoms with Crippen LogP contribution in [-0.4, -0.2) is 11.7 Å². The Bertz CT molecular complexity index is 569. The van der Waals surface area contributed by atoms with Gasteiger partial charge in [0.25, 0.3) is 0 Å². The molecule has 0 amide bonds. The molecular formula is C16H15Cl2FO. The maximum Gasteiger partial charge on any atom is 0.123 e. The molecule has 0 fully saturated rings. The Balaban J connectivity index is 2.04. The van der Waals surface area contributed by atoms with Gasteiger partial charge in [-0.25, -0.2) is 4.39 Å². The molecule has 0 radical (unpaired) electrons. The highest BCUT2D eigenvalue weighted by atomic mass is 35.5. The Labute approximate surface area is 128 Å². The third kappa shape index (κ3) is 4.20. The molecule has 0 aliphatic heterocycles. The van der Waals surface area contributed by atoms with Gasteiger partial charge in [-0.05, 0) is 54.2 Å². The van der Waals surface area contributed by atoms with E-state index in [1.165, 1.54) is 12.1 Å². The molecule has 0 bridgehead atoms. The van der Waals surface area contributed by atoms with E-state index in [0.29, 0.717) is 22.9 Å². The highest BCUT2D eigenvalue weighted by Crippen LogP contribution is 2.24. The summed E-state index contributed by atoms with van der Waals surface area (Å²) in [6.07, 6.45) is 1.39. The largest absolute Gasteiger partial charge is 0.396 e. The first-order valence-corrected chi connectivity index (χ1v) is 7.13. The third-order valence-corrected chi connectivity index (χ3v) is 3.94. The van der Waals surface area contributed by atoms with Crippen molar-refractivity contribution in [3.8, 4) is 0 Å². The number of hydrogen-bond donors (Lipinski definition) is 1. The quantitative estimate of drug-likeness (QED) is 0.860. The minimum Gasteiger partial charge on any atom is -0.396 e. The molecule has 0 heterocycles. The Hall–Kier alpha value is -1.09. The summed E-state index contributed by atoms with van der Waals surface area (Å²) in [5.41, 5.74) is 2.03. The summed E-state index contributed by atoms with van der Waals surface area (Å²) in [6.45, 7) is 0.0671. The lowest BCUT2D eigenvalue weighted by Gasteiger charge is -2.15. The van der Waals surface area contributed by atoms with Crippen molar-refractivity contribution in [3.63, 3.8) is 0 Å². The number of aliphatic hydroxyl groups is 1. The zero-order valence-corrected chi connectivity index (χ0v) is 12.3. The fourth-order valence-electron chi connectivity index (χ4n) is 2.16. The minimum atomic E-state index is -0.251. The maximum absolute atomic E-state index is 12.9. The van der Waals surface area contributed by atoms with Crippen LogP contribution in [0.4, 0.5) is 4.39 Å². The minimum absolute atomic E-state index is 0.0671. The Morgan fingerprint density at radius 3 is 2.10 bits per heavy atom. The normalized spacial score (nSPS) is 12.4. The zero-order valence-electron chi connectivity index (χ0n) is 10.8. The van der Waals surface area contributed by atoms with E-state index in [9.17, 15) is 9.50 Å². The smallest absolute Gasteiger partial charge is 0.123 e. The van der Waals surface area contributed by atoms with Gasteiger partial charge in [0.15, 0.2) is 0 Å². The van der Waals surface area contributed by atoms with Crippen LogP contribution in [0.15, 0.2) is 42.5 Å². The number of halogens is 3. The summed E-state index contributed by atoms with van der Waals surface area (Å²) in [5, 5.41) is 10.5. The van der Waals surface area contributed by atoms with Crippen LogP contribution in [0.3, 0.4) is 0 Å². The zero-order chi connectivity index (χ0) is 14.5. The van der Waals surface area contributed by atoms with Gasteiger partial charge in [-0.1, -0.05) is 41.4 Å². The highest BCUT2D eigenvalue weighted by Gasteiger charge is 2.11. The second kappa shape index (κ2) is 7.07. The molecular weight excluding hydrogens is 298 g/mol. The van der Waals surface area contributed by atoms with Gasteiger partial charge in [0.1, 0.15) is 5.82 Å². The van der Waals surface area contributed by atoms with Crippen molar-refractivity contribution in [2.45, 2.75) is 12.8 Å². The SMILES string of the molecule is OCC(Cc1ccc(F)cc1)Cc1ccc(Cl)c(Cl)c1. The van der Waals surface area contributed by atoms with Crippen LogP contribution in [0.2, 0.25) is 10.0 Å². The Kier molecular flexibility index (Phi) is 5.41. The molecule has 0 aromatic heterocycles. The van der Waals surface area contributed by atoms with E-state index < -0.39 is 0 Å². The molecule has 0 aliphatic rings. The molecule has 4 heteroatoms. The van der Waals surface area contributed by atoms with E-state index in [2.05, 4.69) is 0 Å². The van der Waals surface area contributed by atoms with Crippen molar-refractivity contribution in [1.82, 2.24) is 0 Å². The predicted molar refractivity (Wildman–Crippen MR) is 80.8 cm³/mol. The van der Waals surface area contributed by atoms with Gasteiger partial charge in [-0.15, -0.1) is 0 Å². The van der Waals surface area contributed by atoms with Crippen molar-refractivity contribution in [2.24, 2.45) is 5.92 Å². The van der Waals surface area contributed by atoms with Crippen molar-refractivity contribution >= 4 is 23.2 Å². The third-order valence-electron chi connectivity index (χ3n) is 3.20. The summed E-state index contributed by atoms with van der Waals surface area (Å²) in [4.78, 5) is 0. The fraction of sp³-hybridized carbons (Fsp3) is 0.250. The van der Waals surface area contributed by atoms with E-state index in [1.807, 2.05) is 12.1 Å². The van der Waals surface area contributed by atoms with Crippen molar-refractivity contribution in [1.29, 1.82) is 0 Å². The van der Waals surface area contributed by atoms with E-state index in [1.54, 1.807) is 18.2 Å². The first-order valence-electron chi connectivity index (χ1n) is 6.37. The van der Waals surface area contributed by atoms with Crippen LogP contribution < -0.4 is 0 Å². The van der Waals surface area contributed by atoms with Crippen LogP contribution in [0.1, 0.15) is 11.1 Å². The van der Waals surface area contributed by atoms with Crippen LogP contribution in [0, 0.1) is 11.7 Å². The lowest BCUT2D eigenvalue weighted by molar-refractivity contribution is 0.225. The second-order valence-electron chi connectivity index (χ2n) is 4.83. The van der Waals surface area contributed by atoms with Gasteiger partial charge in [0.05, 0.1) is 10.0 Å². The molecule has 0 saturated heterocycles. The van der Waals surface area contributed by atoms with Crippen LogP contribution in [-0.2, 0) is 12.8 Å². The summed E-state index contributed by atoms with van der Waals surface area (Å²) >= 11 is 11.9. The van der Waals surface area contributed by atoms with Crippen molar-refractivity contribution in [3.05, 3.63) is 69.5 Å². The summed E-state index contributed by atoms with van der Waals surface area (Å²) in [6, 6.07) is 11.8. The van der Waals surface area contributed by atoms with Gasteiger partial charge in [0, 0.05) is 6.61 Å². The Morgan fingerprint density at radius 1 is 0.900 bits per heavy atom. The summed E-state index contributed by atoms with van der Waals surface area (Å²) < 4.78 is 12.9. The fourth-order valence-corrected chi connectivity index (χ4v) is 2.48. The topological polar surface area (TPSA) is 20.2 Å². The van der Waals surface area contributed by atoms with Gasteiger partial charge in [-0.2, -0.15) is 0 Å².